The van der Waals surface area contributed by atoms with Crippen LogP contribution in [0.25, 0.3) is 0 Å². The Balaban J connectivity index is 1.91. The van der Waals surface area contributed by atoms with E-state index in [4.69, 9.17) is 27.9 Å². The first-order valence-corrected chi connectivity index (χ1v) is 11.1. The first-order chi connectivity index (χ1) is 14.7. The molecule has 0 bridgehead atoms. The van der Waals surface area contributed by atoms with Gasteiger partial charge in [-0.15, -0.1) is 0 Å². The zero-order chi connectivity index (χ0) is 22.6. The van der Waals surface area contributed by atoms with Crippen molar-refractivity contribution < 1.29 is 22.7 Å². The Labute approximate surface area is 194 Å². The Morgan fingerprint density at radius 2 is 1.61 bits per heavy atom. The fourth-order valence-corrected chi connectivity index (χ4v) is 4.59. The Bertz CT molecular complexity index is 1100. The van der Waals surface area contributed by atoms with Crippen molar-refractivity contribution in [2.24, 2.45) is 0 Å². The molecule has 0 amide bonds. The van der Waals surface area contributed by atoms with Gasteiger partial charge in [-0.25, -0.2) is 14.8 Å². The lowest BCUT2D eigenvalue weighted by Gasteiger charge is -2.11. The van der Waals surface area contributed by atoms with Crippen molar-refractivity contribution in [1.29, 1.82) is 0 Å². The quantitative estimate of drug-likeness (QED) is 0.328. The standard InChI is InChI=1S/C20H13Cl2F3N2O2S2/c1-2-29-18(28)14-5-3-12(30-11-4-6-15(21)16(22)7-11)8-17(14)31-13-9-26-19(27-10-13)20(23,24)25/h3-10H,2H2,1H3. The second-order valence-corrected chi connectivity index (χ2v) is 8.98. The number of carbonyl (C=O) groups excluding carboxylic acids is 1. The maximum absolute atomic E-state index is 12.7. The van der Waals surface area contributed by atoms with Gasteiger partial charge in [0.25, 0.3) is 0 Å². The van der Waals surface area contributed by atoms with E-state index in [2.05, 4.69) is 9.97 Å². The summed E-state index contributed by atoms with van der Waals surface area (Å²) in [5.74, 6) is -1.77. The molecule has 0 aliphatic carbocycles. The summed E-state index contributed by atoms with van der Waals surface area (Å²) in [5, 5.41) is 0.841. The van der Waals surface area contributed by atoms with Gasteiger partial charge in [0.1, 0.15) is 0 Å². The molecule has 31 heavy (non-hydrogen) atoms. The highest BCUT2D eigenvalue weighted by Crippen LogP contribution is 2.38. The number of carbonyl (C=O) groups is 1. The van der Waals surface area contributed by atoms with Crippen LogP contribution in [0, 0.1) is 0 Å². The average Bonchev–Trinajstić information content (AvgIpc) is 2.71. The highest BCUT2D eigenvalue weighted by molar-refractivity contribution is 8.00. The Hall–Kier alpha value is -1.94. The normalized spacial score (nSPS) is 11.4. The minimum atomic E-state index is -4.63. The number of halogens is 5. The van der Waals surface area contributed by atoms with E-state index in [1.165, 1.54) is 11.8 Å². The molecule has 2 aromatic carbocycles. The first-order valence-electron chi connectivity index (χ1n) is 8.68. The van der Waals surface area contributed by atoms with Gasteiger partial charge >= 0.3 is 12.1 Å². The summed E-state index contributed by atoms with van der Waals surface area (Å²) >= 11 is 14.5. The molecule has 0 saturated carbocycles. The number of esters is 1. The smallest absolute Gasteiger partial charge is 0.451 e. The molecule has 3 rings (SSSR count). The number of rotatable bonds is 6. The van der Waals surface area contributed by atoms with Crippen LogP contribution in [-0.2, 0) is 10.9 Å². The van der Waals surface area contributed by atoms with Crippen LogP contribution in [0.15, 0.2) is 68.4 Å². The van der Waals surface area contributed by atoms with Gasteiger partial charge in [-0.1, -0.05) is 46.7 Å². The van der Waals surface area contributed by atoms with Crippen molar-refractivity contribution >= 4 is 52.7 Å². The summed E-state index contributed by atoms with van der Waals surface area (Å²) in [5.41, 5.74) is 0.283. The number of alkyl halides is 3. The van der Waals surface area contributed by atoms with Gasteiger partial charge in [-0.2, -0.15) is 13.2 Å². The summed E-state index contributed by atoms with van der Waals surface area (Å²) in [4.78, 5) is 21.5. The molecule has 0 fully saturated rings. The molecule has 0 aliphatic rings. The van der Waals surface area contributed by atoms with Gasteiger partial charge in [-0.3, -0.25) is 0 Å². The van der Waals surface area contributed by atoms with Gasteiger partial charge in [0.2, 0.25) is 5.82 Å². The summed E-state index contributed by atoms with van der Waals surface area (Å²) in [7, 11) is 0. The van der Waals surface area contributed by atoms with Gasteiger partial charge in [0.15, 0.2) is 0 Å². The zero-order valence-electron chi connectivity index (χ0n) is 15.7. The van der Waals surface area contributed by atoms with E-state index in [9.17, 15) is 18.0 Å². The summed E-state index contributed by atoms with van der Waals surface area (Å²) in [6.45, 7) is 1.87. The van der Waals surface area contributed by atoms with Crippen LogP contribution >= 0.6 is 46.7 Å². The second-order valence-electron chi connectivity index (χ2n) is 5.90. The predicted octanol–water partition coefficient (Wildman–Crippen LogP) is 7.28. The van der Waals surface area contributed by atoms with E-state index in [1.54, 1.807) is 43.3 Å². The van der Waals surface area contributed by atoms with E-state index in [0.29, 0.717) is 19.8 Å². The van der Waals surface area contributed by atoms with Gasteiger partial charge < -0.3 is 4.74 Å². The maximum Gasteiger partial charge on any atom is 0.451 e. The van der Waals surface area contributed by atoms with Crippen molar-refractivity contribution in [3.63, 3.8) is 0 Å². The summed E-state index contributed by atoms with van der Waals surface area (Å²) in [6.07, 6.45) is -2.50. The van der Waals surface area contributed by atoms with E-state index in [0.717, 1.165) is 33.9 Å². The van der Waals surface area contributed by atoms with Crippen molar-refractivity contribution in [3.8, 4) is 0 Å². The molecule has 1 heterocycles. The van der Waals surface area contributed by atoms with Crippen LogP contribution in [-0.4, -0.2) is 22.5 Å². The molecule has 4 nitrogen and oxygen atoms in total. The lowest BCUT2D eigenvalue weighted by molar-refractivity contribution is -0.145. The third-order valence-corrected chi connectivity index (χ3v) is 6.41. The molecule has 0 unspecified atom stereocenters. The monoisotopic (exact) mass is 504 g/mol. The van der Waals surface area contributed by atoms with Crippen LogP contribution in [0.4, 0.5) is 13.2 Å². The average molecular weight is 505 g/mol. The fourth-order valence-electron chi connectivity index (χ4n) is 2.35. The third-order valence-electron chi connectivity index (χ3n) is 3.68. The Morgan fingerprint density at radius 1 is 0.968 bits per heavy atom. The van der Waals surface area contributed by atoms with Crippen molar-refractivity contribution in [2.45, 2.75) is 32.7 Å². The summed E-state index contributed by atoms with van der Waals surface area (Å²) < 4.78 is 43.2. The number of ether oxygens (including phenoxy) is 1. The van der Waals surface area contributed by atoms with E-state index in [-0.39, 0.29) is 12.2 Å². The number of hydrogen-bond donors (Lipinski definition) is 0. The molecule has 3 aromatic rings. The zero-order valence-corrected chi connectivity index (χ0v) is 18.9. The van der Waals surface area contributed by atoms with E-state index in [1.807, 2.05) is 0 Å². The van der Waals surface area contributed by atoms with Gasteiger partial charge in [-0.05, 0) is 43.3 Å². The van der Waals surface area contributed by atoms with Crippen molar-refractivity contribution in [3.05, 3.63) is 70.2 Å². The lowest BCUT2D eigenvalue weighted by atomic mass is 10.2. The van der Waals surface area contributed by atoms with E-state index >= 15 is 0 Å². The molecule has 1 aromatic heterocycles. The molecule has 0 N–H and O–H groups in total. The number of benzene rings is 2. The molecule has 0 atom stereocenters. The Morgan fingerprint density at radius 3 is 2.23 bits per heavy atom. The van der Waals surface area contributed by atoms with Crippen LogP contribution in [0.5, 0.6) is 0 Å². The van der Waals surface area contributed by atoms with Gasteiger partial charge in [0.05, 0.1) is 22.2 Å². The minimum absolute atomic E-state index is 0.187. The largest absolute Gasteiger partial charge is 0.462 e. The number of aromatic nitrogens is 2. The van der Waals surface area contributed by atoms with Crippen LogP contribution in [0.2, 0.25) is 10.0 Å². The highest BCUT2D eigenvalue weighted by Gasteiger charge is 2.34. The SMILES string of the molecule is CCOC(=O)c1ccc(Sc2ccc(Cl)c(Cl)c2)cc1Sc1cnc(C(F)(F)F)nc1. The van der Waals surface area contributed by atoms with E-state index < -0.39 is 18.0 Å². The summed E-state index contributed by atoms with van der Waals surface area (Å²) in [6, 6.07) is 10.3. The van der Waals surface area contributed by atoms with Crippen LogP contribution < -0.4 is 0 Å². The third kappa shape index (κ3) is 6.29. The van der Waals surface area contributed by atoms with Crippen molar-refractivity contribution in [1.82, 2.24) is 9.97 Å². The van der Waals surface area contributed by atoms with Gasteiger partial charge in [0, 0.05) is 32.0 Å². The first kappa shape index (κ1) is 23.7. The number of nitrogens with zero attached hydrogens (tertiary/aromatic N) is 2. The molecule has 11 heteroatoms. The Kier molecular flexibility index (Phi) is 7.74. The number of hydrogen-bond acceptors (Lipinski definition) is 6. The fraction of sp³-hybridized carbons (Fsp3) is 0.150. The van der Waals surface area contributed by atoms with Crippen LogP contribution in [0.3, 0.4) is 0 Å². The topological polar surface area (TPSA) is 52.1 Å². The molecule has 162 valence electrons. The molecule has 0 radical (unpaired) electrons. The molecule has 0 aliphatic heterocycles. The molecular weight excluding hydrogens is 492 g/mol. The molecule has 0 spiro atoms. The molecular formula is C20H13Cl2F3N2O2S2. The molecule has 0 saturated heterocycles. The maximum atomic E-state index is 12.7. The second kappa shape index (κ2) is 10.1. The van der Waals surface area contributed by atoms with Crippen LogP contribution in [0.1, 0.15) is 23.1 Å². The lowest BCUT2D eigenvalue weighted by Crippen LogP contribution is -2.10. The predicted molar refractivity (Wildman–Crippen MR) is 114 cm³/mol. The minimum Gasteiger partial charge on any atom is -0.462 e. The van der Waals surface area contributed by atoms with Crippen molar-refractivity contribution in [2.75, 3.05) is 6.61 Å². The highest BCUT2D eigenvalue weighted by atomic mass is 35.5.